The molecule has 0 atom stereocenters. The Labute approximate surface area is 152 Å². The van der Waals surface area contributed by atoms with Crippen molar-refractivity contribution in [1.29, 1.82) is 0 Å². The molecule has 2 aromatic carbocycles. The highest BCUT2D eigenvalue weighted by Crippen LogP contribution is 2.14. The summed E-state index contributed by atoms with van der Waals surface area (Å²) < 4.78 is 0. The Morgan fingerprint density at radius 3 is 2.46 bits per heavy atom. The van der Waals surface area contributed by atoms with Gasteiger partial charge >= 0.3 is 0 Å². The van der Waals surface area contributed by atoms with Gasteiger partial charge in [-0.25, -0.2) is 0 Å². The molecule has 0 saturated heterocycles. The third-order valence-corrected chi connectivity index (χ3v) is 3.94. The fourth-order valence-corrected chi connectivity index (χ4v) is 2.59. The molecule has 0 radical (unpaired) electrons. The van der Waals surface area contributed by atoms with Gasteiger partial charge in [0, 0.05) is 30.1 Å². The fraction of sp³-hybridized carbons (Fsp3) is 0.143. The molecule has 2 amide bonds. The molecule has 0 spiro atoms. The number of fused-ring (bicyclic) bond motifs is 1. The quantitative estimate of drug-likeness (QED) is 0.454. The van der Waals surface area contributed by atoms with Crippen LogP contribution in [0.15, 0.2) is 66.7 Å². The maximum atomic E-state index is 12.1. The van der Waals surface area contributed by atoms with E-state index in [9.17, 15) is 9.59 Å². The molecule has 0 aliphatic rings. The van der Waals surface area contributed by atoms with E-state index in [4.69, 9.17) is 0 Å². The van der Waals surface area contributed by atoms with Crippen LogP contribution >= 0.6 is 0 Å². The predicted octanol–water partition coefficient (Wildman–Crippen LogP) is 3.12. The number of para-hydroxylation sites is 1. The molecule has 132 valence electrons. The Hall–Kier alpha value is -3.34. The smallest absolute Gasteiger partial charge is 0.267 e. The molecular formula is C21H21N3O2. The average Bonchev–Trinajstić information content (AvgIpc) is 3.11. The number of H-pyrrole nitrogens is 1. The number of aromatic nitrogens is 1. The summed E-state index contributed by atoms with van der Waals surface area (Å²) in [6, 6.07) is 19.2. The number of hydrogen-bond acceptors (Lipinski definition) is 2. The first-order valence-corrected chi connectivity index (χ1v) is 8.59. The van der Waals surface area contributed by atoms with Gasteiger partial charge in [-0.1, -0.05) is 48.5 Å². The maximum absolute atomic E-state index is 12.1. The van der Waals surface area contributed by atoms with Crippen molar-refractivity contribution in [3.63, 3.8) is 0 Å². The Morgan fingerprint density at radius 2 is 1.65 bits per heavy atom. The van der Waals surface area contributed by atoms with E-state index in [0.717, 1.165) is 16.5 Å². The normalized spacial score (nSPS) is 10.9. The van der Waals surface area contributed by atoms with Crippen molar-refractivity contribution in [2.45, 2.75) is 6.42 Å². The number of aromatic amines is 1. The standard InChI is InChI=1S/C21H21N3O2/c25-20(12-11-16-7-2-1-3-8-16)22-13-6-14-23-21(26)19-15-17-9-4-5-10-18(17)24-19/h1-5,7-12,15,24H,6,13-14H2,(H,22,25)(H,23,26). The average molecular weight is 347 g/mol. The SMILES string of the molecule is O=C(C=Cc1ccccc1)NCCCNC(=O)c1cc2ccccc2[nH]1. The van der Waals surface area contributed by atoms with Gasteiger partial charge in [-0.15, -0.1) is 0 Å². The van der Waals surface area contributed by atoms with Crippen molar-refractivity contribution in [2.75, 3.05) is 13.1 Å². The first-order chi connectivity index (χ1) is 12.7. The second kappa shape index (κ2) is 8.67. The molecule has 0 unspecified atom stereocenters. The van der Waals surface area contributed by atoms with Crippen LogP contribution in [0.5, 0.6) is 0 Å². The lowest BCUT2D eigenvalue weighted by Crippen LogP contribution is -2.29. The lowest BCUT2D eigenvalue weighted by molar-refractivity contribution is -0.116. The minimum Gasteiger partial charge on any atom is -0.352 e. The monoisotopic (exact) mass is 347 g/mol. The van der Waals surface area contributed by atoms with Gasteiger partial charge in [0.25, 0.3) is 5.91 Å². The Morgan fingerprint density at radius 1 is 0.923 bits per heavy atom. The summed E-state index contributed by atoms with van der Waals surface area (Å²) in [5.41, 5.74) is 2.46. The molecule has 0 saturated carbocycles. The van der Waals surface area contributed by atoms with Crippen molar-refractivity contribution in [1.82, 2.24) is 15.6 Å². The molecule has 3 N–H and O–H groups in total. The van der Waals surface area contributed by atoms with Crippen LogP contribution in [0.25, 0.3) is 17.0 Å². The zero-order valence-corrected chi connectivity index (χ0v) is 14.4. The highest BCUT2D eigenvalue weighted by atomic mass is 16.2. The van der Waals surface area contributed by atoms with Crippen molar-refractivity contribution < 1.29 is 9.59 Å². The molecule has 3 aromatic rings. The molecule has 0 aliphatic carbocycles. The fourth-order valence-electron chi connectivity index (χ4n) is 2.59. The van der Waals surface area contributed by atoms with E-state index < -0.39 is 0 Å². The van der Waals surface area contributed by atoms with Crippen LogP contribution in [-0.2, 0) is 4.79 Å². The van der Waals surface area contributed by atoms with Crippen molar-refractivity contribution in [3.05, 3.63) is 78.0 Å². The number of nitrogens with one attached hydrogen (secondary N) is 3. The Balaban J connectivity index is 1.36. The summed E-state index contributed by atoms with van der Waals surface area (Å²) in [5.74, 6) is -0.285. The van der Waals surface area contributed by atoms with Gasteiger partial charge in [0.1, 0.15) is 5.69 Å². The van der Waals surface area contributed by atoms with Crippen molar-refractivity contribution >= 4 is 28.8 Å². The summed E-state index contributed by atoms with van der Waals surface area (Å²) in [7, 11) is 0. The van der Waals surface area contributed by atoms with Gasteiger partial charge in [0.05, 0.1) is 0 Å². The number of carbonyl (C=O) groups excluding carboxylic acids is 2. The van der Waals surface area contributed by atoms with Gasteiger partial charge in [0.15, 0.2) is 0 Å². The van der Waals surface area contributed by atoms with Gasteiger partial charge in [-0.2, -0.15) is 0 Å². The summed E-state index contributed by atoms with van der Waals surface area (Å²) in [6.45, 7) is 1.00. The molecule has 0 fully saturated rings. The zero-order valence-electron chi connectivity index (χ0n) is 14.4. The van der Waals surface area contributed by atoms with Crippen LogP contribution in [0.3, 0.4) is 0 Å². The molecule has 1 aromatic heterocycles. The van der Waals surface area contributed by atoms with Crippen LogP contribution < -0.4 is 10.6 Å². The molecular weight excluding hydrogens is 326 g/mol. The van der Waals surface area contributed by atoms with Crippen LogP contribution in [-0.4, -0.2) is 29.9 Å². The molecule has 5 heteroatoms. The maximum Gasteiger partial charge on any atom is 0.267 e. The lowest BCUT2D eigenvalue weighted by Gasteiger charge is -2.04. The highest BCUT2D eigenvalue weighted by molar-refractivity contribution is 5.98. The molecule has 3 rings (SSSR count). The summed E-state index contributed by atoms with van der Waals surface area (Å²) in [5, 5.41) is 6.66. The minimum atomic E-state index is -0.143. The number of carbonyl (C=O) groups is 2. The van der Waals surface area contributed by atoms with Crippen molar-refractivity contribution in [3.8, 4) is 0 Å². The number of rotatable bonds is 7. The van der Waals surface area contributed by atoms with E-state index in [0.29, 0.717) is 25.2 Å². The largest absolute Gasteiger partial charge is 0.352 e. The third kappa shape index (κ3) is 4.83. The molecule has 1 heterocycles. The van der Waals surface area contributed by atoms with Gasteiger partial charge in [-0.3, -0.25) is 9.59 Å². The van der Waals surface area contributed by atoms with E-state index in [2.05, 4.69) is 15.6 Å². The number of amides is 2. The molecule has 0 bridgehead atoms. The molecule has 26 heavy (non-hydrogen) atoms. The summed E-state index contributed by atoms with van der Waals surface area (Å²) >= 11 is 0. The first kappa shape index (κ1) is 17.5. The van der Waals surface area contributed by atoms with Crippen LogP contribution in [0.1, 0.15) is 22.5 Å². The highest BCUT2D eigenvalue weighted by Gasteiger charge is 2.08. The van der Waals surface area contributed by atoms with E-state index in [1.807, 2.05) is 60.7 Å². The summed E-state index contributed by atoms with van der Waals surface area (Å²) in [4.78, 5) is 27.0. The van der Waals surface area contributed by atoms with E-state index in [-0.39, 0.29) is 11.8 Å². The van der Waals surface area contributed by atoms with Gasteiger partial charge in [0.2, 0.25) is 5.91 Å². The topological polar surface area (TPSA) is 74.0 Å². The lowest BCUT2D eigenvalue weighted by atomic mass is 10.2. The zero-order chi connectivity index (χ0) is 18.2. The van der Waals surface area contributed by atoms with Gasteiger partial charge in [-0.05, 0) is 30.2 Å². The minimum absolute atomic E-state index is 0.142. The summed E-state index contributed by atoms with van der Waals surface area (Å²) in [6.07, 6.45) is 3.95. The van der Waals surface area contributed by atoms with Crippen LogP contribution in [0.2, 0.25) is 0 Å². The molecule has 0 aliphatic heterocycles. The second-order valence-corrected chi connectivity index (χ2v) is 5.91. The van der Waals surface area contributed by atoms with E-state index >= 15 is 0 Å². The van der Waals surface area contributed by atoms with Crippen LogP contribution in [0.4, 0.5) is 0 Å². The number of hydrogen-bond donors (Lipinski definition) is 3. The first-order valence-electron chi connectivity index (χ1n) is 8.59. The van der Waals surface area contributed by atoms with Gasteiger partial charge < -0.3 is 15.6 Å². The molecule has 5 nitrogen and oxygen atoms in total. The van der Waals surface area contributed by atoms with Crippen LogP contribution in [0, 0.1) is 0 Å². The Bertz CT molecular complexity index is 880. The second-order valence-electron chi connectivity index (χ2n) is 5.91. The predicted molar refractivity (Wildman–Crippen MR) is 104 cm³/mol. The van der Waals surface area contributed by atoms with Crippen molar-refractivity contribution in [2.24, 2.45) is 0 Å². The van der Waals surface area contributed by atoms with E-state index in [1.54, 1.807) is 6.08 Å². The third-order valence-electron chi connectivity index (χ3n) is 3.94. The Kier molecular flexibility index (Phi) is 5.83. The number of benzene rings is 2. The van der Waals surface area contributed by atoms with E-state index in [1.165, 1.54) is 6.08 Å².